The molecule has 0 aromatic carbocycles. The van der Waals surface area contributed by atoms with Crippen molar-refractivity contribution in [3.8, 4) is 0 Å². The second kappa shape index (κ2) is 45.2. The normalized spacial score (nSPS) is 11.5. The van der Waals surface area contributed by atoms with E-state index in [0.717, 1.165) is 37.7 Å². The summed E-state index contributed by atoms with van der Waals surface area (Å²) in [6.07, 6.45) is 7.60. The maximum Gasteiger partial charge on any atom is 0.305 e. The molecular weight excluding hydrogens is 476 g/mol. The molecule has 37 heavy (non-hydrogen) atoms. The largest absolute Gasteiger partial charge is 0.854 e. The molecule has 0 radical (unpaired) electrons. The Hall–Kier alpha value is -0.770. The van der Waals surface area contributed by atoms with E-state index < -0.39 is 12.3 Å². The van der Waals surface area contributed by atoms with Crippen molar-refractivity contribution < 1.29 is 39.8 Å². The number of unbranched alkanes of at least 4 members (excludes halogenated alkanes) is 3. The second-order valence-corrected chi connectivity index (χ2v) is 9.62. The van der Waals surface area contributed by atoms with Gasteiger partial charge in [-0.25, -0.2) is 0 Å². The SMILES string of the molecule is C1CC1.CC.CC(C)C.CC(C)C.O=C(CCCCO)OCCC([O-])O.[O-]CCCOCCCCCO. The lowest BCUT2D eigenvalue weighted by Gasteiger charge is -2.13. The average Bonchev–Trinajstić information content (AvgIpc) is 3.69. The summed E-state index contributed by atoms with van der Waals surface area (Å²) >= 11 is 0. The van der Waals surface area contributed by atoms with E-state index in [1.807, 2.05) is 13.8 Å². The van der Waals surface area contributed by atoms with Gasteiger partial charge in [-0.2, -0.15) is 0 Å². The Morgan fingerprint density at radius 2 is 1.19 bits per heavy atom. The van der Waals surface area contributed by atoms with Crippen LogP contribution in [0, 0.1) is 11.8 Å². The monoisotopic (exact) mass is 540 g/mol. The van der Waals surface area contributed by atoms with Gasteiger partial charge in [0.05, 0.1) is 6.61 Å². The second-order valence-electron chi connectivity index (χ2n) is 9.62. The van der Waals surface area contributed by atoms with Crippen LogP contribution in [0.15, 0.2) is 0 Å². The van der Waals surface area contributed by atoms with Crippen molar-refractivity contribution in [2.75, 3.05) is 39.6 Å². The summed E-state index contributed by atoms with van der Waals surface area (Å²) in [6, 6.07) is 0. The molecule has 230 valence electrons. The van der Waals surface area contributed by atoms with Crippen LogP contribution >= 0.6 is 0 Å². The van der Waals surface area contributed by atoms with Crippen molar-refractivity contribution in [3.05, 3.63) is 0 Å². The number of carbonyl (C=O) groups is 1. The minimum absolute atomic E-state index is 0.0391. The molecule has 1 saturated carbocycles. The van der Waals surface area contributed by atoms with E-state index >= 15 is 0 Å². The fourth-order valence-corrected chi connectivity index (χ4v) is 1.48. The van der Waals surface area contributed by atoms with Crippen molar-refractivity contribution in [1.82, 2.24) is 0 Å². The van der Waals surface area contributed by atoms with Gasteiger partial charge in [-0.1, -0.05) is 74.7 Å². The lowest BCUT2D eigenvalue weighted by molar-refractivity contribution is -0.484. The third kappa shape index (κ3) is 105. The zero-order chi connectivity index (χ0) is 29.7. The molecule has 1 rings (SSSR count). The summed E-state index contributed by atoms with van der Waals surface area (Å²) in [7, 11) is 0. The van der Waals surface area contributed by atoms with Gasteiger partial charge in [-0.05, 0) is 63.1 Å². The van der Waals surface area contributed by atoms with Gasteiger partial charge in [0, 0.05) is 32.8 Å². The zero-order valence-corrected chi connectivity index (χ0v) is 25.6. The Kier molecular flexibility index (Phi) is 56.3. The highest BCUT2D eigenvalue weighted by Gasteiger charge is 2.01. The van der Waals surface area contributed by atoms with E-state index in [9.17, 15) is 15.0 Å². The average molecular weight is 541 g/mol. The molecule has 1 atom stereocenters. The van der Waals surface area contributed by atoms with Gasteiger partial charge in [-0.15, -0.1) is 6.61 Å². The third-order valence-electron chi connectivity index (χ3n) is 3.15. The number of aliphatic hydroxyl groups excluding tert-OH is 3. The Balaban J connectivity index is -0.000000126. The quantitative estimate of drug-likeness (QED) is 0.159. The molecule has 0 aromatic rings. The Labute approximate surface area is 229 Å². The number of aliphatic hydroxyl groups is 3. The number of ether oxygens (including phenoxy) is 2. The first-order valence-electron chi connectivity index (χ1n) is 14.4. The highest BCUT2D eigenvalue weighted by molar-refractivity contribution is 5.69. The number of hydrogen-bond acceptors (Lipinski definition) is 8. The van der Waals surface area contributed by atoms with Crippen LogP contribution in [0.2, 0.25) is 0 Å². The van der Waals surface area contributed by atoms with Crippen LogP contribution < -0.4 is 10.2 Å². The molecule has 0 aliphatic heterocycles. The van der Waals surface area contributed by atoms with Gasteiger partial charge in [0.25, 0.3) is 0 Å². The molecule has 0 spiro atoms. The van der Waals surface area contributed by atoms with E-state index in [1.165, 1.54) is 19.3 Å². The van der Waals surface area contributed by atoms with Gasteiger partial charge < -0.3 is 35.0 Å². The Morgan fingerprint density at radius 3 is 1.57 bits per heavy atom. The molecule has 1 unspecified atom stereocenters. The topological polar surface area (TPSA) is 142 Å². The minimum atomic E-state index is -1.68. The first-order chi connectivity index (χ1) is 17.5. The lowest BCUT2D eigenvalue weighted by atomic mass is 10.2. The van der Waals surface area contributed by atoms with Crippen LogP contribution in [0.1, 0.15) is 126 Å². The molecule has 1 aliphatic rings. The first-order valence-corrected chi connectivity index (χ1v) is 14.4. The van der Waals surface area contributed by atoms with E-state index in [-0.39, 0.29) is 39.3 Å². The van der Waals surface area contributed by atoms with Crippen LogP contribution in [0.5, 0.6) is 0 Å². The summed E-state index contributed by atoms with van der Waals surface area (Å²) in [4.78, 5) is 10.8. The van der Waals surface area contributed by atoms with Crippen molar-refractivity contribution in [2.45, 2.75) is 132 Å². The van der Waals surface area contributed by atoms with E-state index in [4.69, 9.17) is 20.1 Å². The van der Waals surface area contributed by atoms with Crippen LogP contribution in [0.3, 0.4) is 0 Å². The summed E-state index contributed by atoms with van der Waals surface area (Å²) in [6.45, 7) is 18.6. The smallest absolute Gasteiger partial charge is 0.305 e. The van der Waals surface area contributed by atoms with Crippen molar-refractivity contribution in [1.29, 1.82) is 0 Å². The van der Waals surface area contributed by atoms with Gasteiger partial charge in [0.1, 0.15) is 0 Å². The van der Waals surface area contributed by atoms with Gasteiger partial charge in [0.2, 0.25) is 0 Å². The molecule has 8 heteroatoms. The maximum atomic E-state index is 10.8. The van der Waals surface area contributed by atoms with Gasteiger partial charge >= 0.3 is 5.97 Å². The standard InChI is InChI=1S/C8H15O5.C8H17O3.2C4H10.C3H6.C2H6/c9-5-2-1-3-8(12)13-6-4-7(10)11;9-5-2-1-3-7-11-8-4-6-10;2*1-4(2)3;1-2-3-1;1-2/h7,9-10H,1-6H2;9H,1-8H2;2*4H,1-3H3;1-3H2;1-2H3/q2*-1;;;;. The predicted molar refractivity (Wildman–Crippen MR) is 150 cm³/mol. The molecular formula is C29H64O8-2. The van der Waals surface area contributed by atoms with Crippen LogP contribution in [0.25, 0.3) is 0 Å². The zero-order valence-electron chi connectivity index (χ0n) is 25.6. The molecule has 0 bridgehead atoms. The molecule has 0 amide bonds. The van der Waals surface area contributed by atoms with E-state index in [1.54, 1.807) is 0 Å². The fourth-order valence-electron chi connectivity index (χ4n) is 1.48. The molecule has 1 aliphatic carbocycles. The predicted octanol–water partition coefficient (Wildman–Crippen LogP) is 4.20. The Bertz CT molecular complexity index is 340. The van der Waals surface area contributed by atoms with Crippen LogP contribution in [0.4, 0.5) is 0 Å². The van der Waals surface area contributed by atoms with Crippen molar-refractivity contribution in [3.63, 3.8) is 0 Å². The minimum Gasteiger partial charge on any atom is -0.854 e. The fraction of sp³-hybridized carbons (Fsp3) is 0.966. The summed E-state index contributed by atoms with van der Waals surface area (Å²) in [5, 5.41) is 45.2. The summed E-state index contributed by atoms with van der Waals surface area (Å²) in [5.41, 5.74) is 0. The van der Waals surface area contributed by atoms with E-state index in [2.05, 4.69) is 46.3 Å². The lowest BCUT2D eigenvalue weighted by Crippen LogP contribution is -2.26. The summed E-state index contributed by atoms with van der Waals surface area (Å²) < 4.78 is 9.76. The maximum absolute atomic E-state index is 10.8. The molecule has 0 heterocycles. The number of hydrogen-bond donors (Lipinski definition) is 3. The summed E-state index contributed by atoms with van der Waals surface area (Å²) in [5.74, 6) is 1.27. The number of carbonyl (C=O) groups excluding carboxylic acids is 1. The first kappa shape index (κ1) is 46.1. The third-order valence-corrected chi connectivity index (χ3v) is 3.15. The highest BCUT2D eigenvalue weighted by Crippen LogP contribution is 2.14. The highest BCUT2D eigenvalue weighted by atomic mass is 16.5. The van der Waals surface area contributed by atoms with Crippen LogP contribution in [-0.2, 0) is 14.3 Å². The Morgan fingerprint density at radius 1 is 0.757 bits per heavy atom. The molecule has 1 fully saturated rings. The molecule has 0 saturated heterocycles. The van der Waals surface area contributed by atoms with Gasteiger partial charge in [0.15, 0.2) is 0 Å². The molecule has 3 N–H and O–H groups in total. The molecule has 8 nitrogen and oxygen atoms in total. The molecule has 0 aromatic heterocycles. The number of rotatable bonds is 15. The van der Waals surface area contributed by atoms with E-state index in [0.29, 0.717) is 25.9 Å². The van der Waals surface area contributed by atoms with Crippen molar-refractivity contribution >= 4 is 5.97 Å². The van der Waals surface area contributed by atoms with Crippen molar-refractivity contribution in [2.24, 2.45) is 11.8 Å². The number of esters is 1. The van der Waals surface area contributed by atoms with Crippen LogP contribution in [-0.4, -0.2) is 67.2 Å². The van der Waals surface area contributed by atoms with Gasteiger partial charge in [-0.3, -0.25) is 4.79 Å².